The summed E-state index contributed by atoms with van der Waals surface area (Å²) in [5.41, 5.74) is 0. The highest BCUT2D eigenvalue weighted by atomic mass is 32.2. The van der Waals surface area contributed by atoms with Gasteiger partial charge in [0.25, 0.3) is 0 Å². The van der Waals surface area contributed by atoms with Crippen molar-refractivity contribution in [3.05, 3.63) is 0 Å². The molecule has 0 spiro atoms. The van der Waals surface area contributed by atoms with Gasteiger partial charge in [-0.25, -0.2) is 0 Å². The number of rotatable bonds is 3. The molecular weight excluding hydrogens is 218 g/mol. The van der Waals surface area contributed by atoms with E-state index in [1.807, 2.05) is 25.6 Å². The molecule has 0 aliphatic carbocycles. The van der Waals surface area contributed by atoms with Crippen molar-refractivity contribution in [1.29, 1.82) is 0 Å². The molecule has 0 N–H and O–H groups in total. The molecule has 0 saturated heterocycles. The first kappa shape index (κ1) is 21.5. The Morgan fingerprint density at radius 3 is 1.12 bits per heavy atom. The van der Waals surface area contributed by atoms with Crippen LogP contribution in [0, 0.1) is 0 Å². The van der Waals surface area contributed by atoms with E-state index in [1.54, 1.807) is 7.11 Å². The number of nitrogens with zero attached hydrogens (tertiary/aromatic N) is 1. The van der Waals surface area contributed by atoms with Crippen LogP contribution in [0.4, 0.5) is 0 Å². The molecule has 0 aromatic carbocycles. The number of ether oxygens (including phenoxy) is 1. The Balaban J connectivity index is -0.000000160. The van der Waals surface area contributed by atoms with E-state index in [-0.39, 0.29) is 0 Å². The van der Waals surface area contributed by atoms with Crippen LogP contribution in [0.2, 0.25) is 0 Å². The maximum absolute atomic E-state index is 4.75. The van der Waals surface area contributed by atoms with Gasteiger partial charge >= 0.3 is 0 Å². The quantitative estimate of drug-likeness (QED) is 0.758. The fraction of sp³-hybridized carbons (Fsp3) is 1.00. The van der Waals surface area contributed by atoms with Crippen molar-refractivity contribution in [3.8, 4) is 0 Å². The topological polar surface area (TPSA) is 12.5 Å². The van der Waals surface area contributed by atoms with Crippen LogP contribution in [0.3, 0.4) is 0 Å². The zero-order chi connectivity index (χ0) is 13.7. The standard InChI is InChI=1S/C5H13N.C4H10O.C4H10S/c1-5(2)6(3)4;2*1-4(2)5-3/h5H,1-4H3;2*4H,1-3H3. The van der Waals surface area contributed by atoms with Crippen molar-refractivity contribution < 1.29 is 4.74 Å². The summed E-state index contributed by atoms with van der Waals surface area (Å²) in [6, 6.07) is 0.685. The second-order valence-electron chi connectivity index (χ2n) is 4.63. The van der Waals surface area contributed by atoms with Crippen molar-refractivity contribution in [1.82, 2.24) is 4.90 Å². The molecule has 2 nitrogen and oxygen atoms in total. The van der Waals surface area contributed by atoms with E-state index in [2.05, 4.69) is 52.9 Å². The first-order chi connectivity index (χ1) is 7.18. The third-order valence-electron chi connectivity index (χ3n) is 1.98. The minimum atomic E-state index is 0.384. The van der Waals surface area contributed by atoms with Crippen LogP contribution >= 0.6 is 11.8 Å². The van der Waals surface area contributed by atoms with E-state index in [4.69, 9.17) is 4.74 Å². The van der Waals surface area contributed by atoms with Gasteiger partial charge in [-0.1, -0.05) is 13.8 Å². The lowest BCUT2D eigenvalue weighted by Gasteiger charge is -2.12. The predicted octanol–water partition coefficient (Wildman–Crippen LogP) is 3.76. The van der Waals surface area contributed by atoms with Gasteiger partial charge in [0.15, 0.2) is 0 Å². The second kappa shape index (κ2) is 15.3. The number of hydrogen-bond donors (Lipinski definition) is 0. The van der Waals surface area contributed by atoms with Crippen LogP contribution in [0.25, 0.3) is 0 Å². The third kappa shape index (κ3) is 36.7. The molecule has 0 aliphatic heterocycles. The zero-order valence-electron chi connectivity index (χ0n) is 13.0. The fourth-order valence-electron chi connectivity index (χ4n) is 0. The molecular formula is C13H33NOS. The molecule has 0 heterocycles. The molecule has 0 rings (SSSR count). The molecule has 16 heavy (non-hydrogen) atoms. The van der Waals surface area contributed by atoms with E-state index in [0.717, 1.165) is 5.25 Å². The van der Waals surface area contributed by atoms with E-state index in [0.29, 0.717) is 12.1 Å². The second-order valence-corrected chi connectivity index (χ2v) is 6.04. The van der Waals surface area contributed by atoms with Gasteiger partial charge in [0.1, 0.15) is 0 Å². The van der Waals surface area contributed by atoms with Crippen molar-refractivity contribution in [3.63, 3.8) is 0 Å². The Labute approximate surface area is 108 Å². The minimum absolute atomic E-state index is 0.384. The summed E-state index contributed by atoms with van der Waals surface area (Å²) in [6.45, 7) is 12.7. The summed E-state index contributed by atoms with van der Waals surface area (Å²) >= 11 is 1.88. The minimum Gasteiger partial charge on any atom is -0.382 e. The molecule has 0 aromatic heterocycles. The van der Waals surface area contributed by atoms with Crippen LogP contribution in [0.15, 0.2) is 0 Å². The summed E-state index contributed by atoms with van der Waals surface area (Å²) in [5, 5.41) is 0.801. The molecule has 0 amide bonds. The molecule has 0 aromatic rings. The van der Waals surface area contributed by atoms with Gasteiger partial charge in [0, 0.05) is 13.2 Å². The molecule has 0 aliphatic rings. The monoisotopic (exact) mass is 251 g/mol. The van der Waals surface area contributed by atoms with Crippen LogP contribution < -0.4 is 0 Å². The molecule has 0 unspecified atom stereocenters. The van der Waals surface area contributed by atoms with E-state index < -0.39 is 0 Å². The van der Waals surface area contributed by atoms with Gasteiger partial charge in [-0.2, -0.15) is 11.8 Å². The molecule has 102 valence electrons. The number of hydrogen-bond acceptors (Lipinski definition) is 3. The van der Waals surface area contributed by atoms with Gasteiger partial charge in [-0.05, 0) is 53.3 Å². The molecule has 0 saturated carbocycles. The Bertz CT molecular complexity index is 101. The van der Waals surface area contributed by atoms with E-state index >= 15 is 0 Å². The third-order valence-corrected chi connectivity index (χ3v) is 2.92. The van der Waals surface area contributed by atoms with Gasteiger partial charge in [0.2, 0.25) is 0 Å². The first-order valence-corrected chi connectivity index (χ1v) is 7.19. The maximum atomic E-state index is 4.75. The molecule has 0 radical (unpaired) electrons. The van der Waals surface area contributed by atoms with Crippen LogP contribution in [-0.4, -0.2) is 49.8 Å². The Hall–Kier alpha value is 0.270. The van der Waals surface area contributed by atoms with Crippen molar-refractivity contribution in [2.45, 2.75) is 58.9 Å². The highest BCUT2D eigenvalue weighted by Gasteiger charge is 1.90. The van der Waals surface area contributed by atoms with Crippen molar-refractivity contribution in [2.24, 2.45) is 0 Å². The lowest BCUT2D eigenvalue weighted by molar-refractivity contribution is 0.134. The summed E-state index contributed by atoms with van der Waals surface area (Å²) in [7, 11) is 5.85. The zero-order valence-corrected chi connectivity index (χ0v) is 13.8. The van der Waals surface area contributed by atoms with Gasteiger partial charge in [-0.15, -0.1) is 0 Å². The van der Waals surface area contributed by atoms with Gasteiger partial charge in [-0.3, -0.25) is 0 Å². The van der Waals surface area contributed by atoms with Gasteiger partial charge < -0.3 is 9.64 Å². The smallest absolute Gasteiger partial charge is 0.0515 e. The average molecular weight is 251 g/mol. The summed E-state index contributed by atoms with van der Waals surface area (Å²) in [6.07, 6.45) is 2.50. The maximum Gasteiger partial charge on any atom is 0.0515 e. The SMILES string of the molecule is CC(C)N(C)C.COC(C)C.CSC(C)C. The highest BCUT2D eigenvalue weighted by molar-refractivity contribution is 7.99. The van der Waals surface area contributed by atoms with Crippen molar-refractivity contribution >= 4 is 11.8 Å². The van der Waals surface area contributed by atoms with Crippen molar-refractivity contribution in [2.75, 3.05) is 27.5 Å². The van der Waals surface area contributed by atoms with Gasteiger partial charge in [0.05, 0.1) is 6.10 Å². The first-order valence-electron chi connectivity index (χ1n) is 5.90. The van der Waals surface area contributed by atoms with E-state index in [1.165, 1.54) is 0 Å². The molecule has 3 heteroatoms. The Kier molecular flexibility index (Phi) is 20.6. The highest BCUT2D eigenvalue weighted by Crippen LogP contribution is 2.00. The summed E-state index contributed by atoms with van der Waals surface area (Å²) < 4.78 is 4.75. The Morgan fingerprint density at radius 2 is 1.12 bits per heavy atom. The molecule has 0 bridgehead atoms. The number of thioether (sulfide) groups is 1. The lowest BCUT2D eigenvalue weighted by Crippen LogP contribution is -2.20. The van der Waals surface area contributed by atoms with Crippen LogP contribution in [0.1, 0.15) is 41.5 Å². The van der Waals surface area contributed by atoms with Crippen LogP contribution in [-0.2, 0) is 4.74 Å². The Morgan fingerprint density at radius 1 is 0.938 bits per heavy atom. The predicted molar refractivity (Wildman–Crippen MR) is 79.6 cm³/mol. The number of methoxy groups -OCH3 is 1. The fourth-order valence-corrected chi connectivity index (χ4v) is 0. The molecule has 0 atom stereocenters. The normalized spacial score (nSPS) is 10.1. The summed E-state index contributed by atoms with van der Waals surface area (Å²) in [4.78, 5) is 2.17. The largest absolute Gasteiger partial charge is 0.382 e. The molecule has 0 fully saturated rings. The van der Waals surface area contributed by atoms with Crippen LogP contribution in [0.5, 0.6) is 0 Å². The summed E-state index contributed by atoms with van der Waals surface area (Å²) in [5.74, 6) is 0. The van der Waals surface area contributed by atoms with E-state index in [9.17, 15) is 0 Å². The average Bonchev–Trinajstić information content (AvgIpc) is 2.19. The lowest BCUT2D eigenvalue weighted by atomic mass is 10.4.